The van der Waals surface area contributed by atoms with Crippen LogP contribution in [0.15, 0.2) is 24.3 Å². The predicted octanol–water partition coefficient (Wildman–Crippen LogP) is 1.29. The third kappa shape index (κ3) is 4.97. The summed E-state index contributed by atoms with van der Waals surface area (Å²) in [5, 5.41) is 11.6. The van der Waals surface area contributed by atoms with Crippen molar-refractivity contribution in [3.05, 3.63) is 29.8 Å². The van der Waals surface area contributed by atoms with Crippen molar-refractivity contribution in [1.82, 2.24) is 0 Å². The highest BCUT2D eigenvalue weighted by Gasteiger charge is 2.07. The Balaban J connectivity index is 2.48. The fraction of sp³-hybridized carbons (Fsp3) is 0.462. The fourth-order valence-electron chi connectivity index (χ4n) is 1.48. The van der Waals surface area contributed by atoms with Crippen LogP contribution in [-0.4, -0.2) is 23.7 Å². The molecule has 94 valence electrons. The average molecular weight is 236 g/mol. The maximum atomic E-state index is 11.6. The quantitative estimate of drug-likeness (QED) is 0.696. The number of aliphatic hydroxyl groups is 1. The van der Waals surface area contributed by atoms with Gasteiger partial charge in [0.25, 0.3) is 0 Å². The third-order valence-corrected chi connectivity index (χ3v) is 2.61. The predicted molar refractivity (Wildman–Crippen MR) is 68.7 cm³/mol. The molecule has 0 aliphatic carbocycles. The van der Waals surface area contributed by atoms with Gasteiger partial charge in [-0.15, -0.1) is 0 Å². The molecule has 1 amide bonds. The number of anilines is 1. The number of nitrogens with two attached hydrogens (primary N) is 1. The summed E-state index contributed by atoms with van der Waals surface area (Å²) in [6, 6.07) is 7.38. The number of rotatable bonds is 6. The third-order valence-electron chi connectivity index (χ3n) is 2.61. The molecular weight excluding hydrogens is 216 g/mol. The van der Waals surface area contributed by atoms with Crippen LogP contribution in [0.5, 0.6) is 0 Å². The molecule has 0 radical (unpaired) electrons. The summed E-state index contributed by atoms with van der Waals surface area (Å²) < 4.78 is 0. The van der Waals surface area contributed by atoms with Gasteiger partial charge < -0.3 is 16.2 Å². The molecule has 1 aromatic rings. The number of carbonyl (C=O) groups excluding carboxylic acids is 1. The van der Waals surface area contributed by atoms with Crippen LogP contribution < -0.4 is 11.1 Å². The topological polar surface area (TPSA) is 75.4 Å². The van der Waals surface area contributed by atoms with E-state index in [1.807, 2.05) is 31.2 Å². The van der Waals surface area contributed by atoms with Crippen LogP contribution in [0.1, 0.15) is 25.3 Å². The van der Waals surface area contributed by atoms with Gasteiger partial charge in [-0.2, -0.15) is 0 Å². The number of benzene rings is 1. The smallest absolute Gasteiger partial charge is 0.225 e. The molecule has 4 nitrogen and oxygen atoms in total. The van der Waals surface area contributed by atoms with Gasteiger partial charge in [-0.05, 0) is 30.5 Å². The van der Waals surface area contributed by atoms with E-state index in [1.54, 1.807) is 0 Å². The highest BCUT2D eigenvalue weighted by Crippen LogP contribution is 2.10. The lowest BCUT2D eigenvalue weighted by Gasteiger charge is -2.09. The summed E-state index contributed by atoms with van der Waals surface area (Å²) in [5.41, 5.74) is 7.52. The number of carbonyl (C=O) groups is 1. The Morgan fingerprint density at radius 3 is 2.59 bits per heavy atom. The molecule has 0 saturated carbocycles. The maximum Gasteiger partial charge on any atom is 0.225 e. The highest BCUT2D eigenvalue weighted by atomic mass is 16.2. The summed E-state index contributed by atoms with van der Waals surface area (Å²) in [6.07, 6.45) is 1.77. The second-order valence-electron chi connectivity index (χ2n) is 4.09. The Labute approximate surface area is 102 Å². The molecule has 4 heteroatoms. The molecule has 1 aromatic carbocycles. The molecule has 1 unspecified atom stereocenters. The van der Waals surface area contributed by atoms with Crippen molar-refractivity contribution in [2.24, 2.45) is 5.73 Å². The van der Waals surface area contributed by atoms with Crippen molar-refractivity contribution in [3.8, 4) is 0 Å². The van der Waals surface area contributed by atoms with Crippen molar-refractivity contribution < 1.29 is 9.90 Å². The van der Waals surface area contributed by atoms with Gasteiger partial charge in [-0.25, -0.2) is 0 Å². The minimum Gasteiger partial charge on any atom is -0.396 e. The lowest BCUT2D eigenvalue weighted by molar-refractivity contribution is -0.116. The first kappa shape index (κ1) is 13.7. The first-order valence-corrected chi connectivity index (χ1v) is 5.91. The Kier molecular flexibility index (Phi) is 5.66. The summed E-state index contributed by atoms with van der Waals surface area (Å²) in [7, 11) is 0. The monoisotopic (exact) mass is 236 g/mol. The van der Waals surface area contributed by atoms with E-state index < -0.39 is 0 Å². The van der Waals surface area contributed by atoms with E-state index in [-0.39, 0.29) is 18.6 Å². The van der Waals surface area contributed by atoms with Gasteiger partial charge in [0.15, 0.2) is 0 Å². The van der Waals surface area contributed by atoms with Crippen LogP contribution in [0.2, 0.25) is 0 Å². The lowest BCUT2D eigenvalue weighted by atomic mass is 10.1. The van der Waals surface area contributed by atoms with Crippen LogP contribution in [0, 0.1) is 0 Å². The molecule has 0 spiro atoms. The summed E-state index contributed by atoms with van der Waals surface area (Å²) in [4.78, 5) is 11.6. The van der Waals surface area contributed by atoms with E-state index in [0.29, 0.717) is 12.8 Å². The maximum absolute atomic E-state index is 11.6. The molecule has 1 atom stereocenters. The van der Waals surface area contributed by atoms with E-state index in [0.717, 1.165) is 17.7 Å². The van der Waals surface area contributed by atoms with Crippen LogP contribution in [0.4, 0.5) is 5.69 Å². The zero-order valence-corrected chi connectivity index (χ0v) is 10.1. The number of aliphatic hydroxyl groups excluding tert-OH is 1. The van der Waals surface area contributed by atoms with E-state index in [2.05, 4.69) is 5.32 Å². The highest BCUT2D eigenvalue weighted by molar-refractivity contribution is 5.91. The van der Waals surface area contributed by atoms with Crippen LogP contribution in [0.3, 0.4) is 0 Å². The van der Waals surface area contributed by atoms with Crippen LogP contribution in [0.25, 0.3) is 0 Å². The molecule has 0 heterocycles. The molecule has 0 aliphatic rings. The number of nitrogens with one attached hydrogen (secondary N) is 1. The SMILES string of the molecule is CCC(N)CC(=O)Nc1ccc(CCO)cc1. The van der Waals surface area contributed by atoms with Gasteiger partial charge in [0.2, 0.25) is 5.91 Å². The van der Waals surface area contributed by atoms with E-state index >= 15 is 0 Å². The Morgan fingerprint density at radius 2 is 2.06 bits per heavy atom. The van der Waals surface area contributed by atoms with Gasteiger partial charge >= 0.3 is 0 Å². The molecule has 4 N–H and O–H groups in total. The summed E-state index contributed by atoms with van der Waals surface area (Å²) in [5.74, 6) is -0.0609. The molecule has 1 rings (SSSR count). The minimum absolute atomic E-state index is 0.0609. The molecular formula is C13H20N2O2. The normalized spacial score (nSPS) is 12.2. The van der Waals surface area contributed by atoms with Crippen LogP contribution >= 0.6 is 0 Å². The summed E-state index contributed by atoms with van der Waals surface area (Å²) >= 11 is 0. The first-order valence-electron chi connectivity index (χ1n) is 5.91. The fourth-order valence-corrected chi connectivity index (χ4v) is 1.48. The first-order chi connectivity index (χ1) is 8.15. The van der Waals surface area contributed by atoms with Gasteiger partial charge in [0.1, 0.15) is 0 Å². The summed E-state index contributed by atoms with van der Waals surface area (Å²) in [6.45, 7) is 2.10. The van der Waals surface area contributed by atoms with E-state index in [1.165, 1.54) is 0 Å². The van der Waals surface area contributed by atoms with Crippen molar-refractivity contribution in [1.29, 1.82) is 0 Å². The van der Waals surface area contributed by atoms with Crippen LogP contribution in [-0.2, 0) is 11.2 Å². The molecule has 0 aromatic heterocycles. The van der Waals surface area contributed by atoms with Gasteiger partial charge in [0, 0.05) is 24.8 Å². The Bertz CT molecular complexity index is 349. The van der Waals surface area contributed by atoms with Crippen molar-refractivity contribution >= 4 is 11.6 Å². The standard InChI is InChI=1S/C13H20N2O2/c1-2-11(14)9-13(17)15-12-5-3-10(4-6-12)7-8-16/h3-6,11,16H,2,7-9,14H2,1H3,(H,15,17). The number of hydrogen-bond donors (Lipinski definition) is 3. The Morgan fingerprint density at radius 1 is 1.41 bits per heavy atom. The van der Waals surface area contributed by atoms with Gasteiger partial charge in [0.05, 0.1) is 0 Å². The van der Waals surface area contributed by atoms with Gasteiger partial charge in [-0.1, -0.05) is 19.1 Å². The number of amides is 1. The largest absolute Gasteiger partial charge is 0.396 e. The zero-order chi connectivity index (χ0) is 12.7. The lowest BCUT2D eigenvalue weighted by Crippen LogP contribution is -2.26. The Hall–Kier alpha value is -1.39. The minimum atomic E-state index is -0.0799. The second kappa shape index (κ2) is 7.04. The molecule has 0 aliphatic heterocycles. The number of hydrogen-bond acceptors (Lipinski definition) is 3. The molecule has 0 bridgehead atoms. The van der Waals surface area contributed by atoms with Crippen molar-refractivity contribution in [2.45, 2.75) is 32.2 Å². The van der Waals surface area contributed by atoms with Crippen molar-refractivity contribution in [3.63, 3.8) is 0 Å². The van der Waals surface area contributed by atoms with Gasteiger partial charge in [-0.3, -0.25) is 4.79 Å². The van der Waals surface area contributed by atoms with E-state index in [4.69, 9.17) is 10.8 Å². The molecule has 0 fully saturated rings. The molecule has 17 heavy (non-hydrogen) atoms. The second-order valence-corrected chi connectivity index (χ2v) is 4.09. The van der Waals surface area contributed by atoms with Crippen molar-refractivity contribution in [2.75, 3.05) is 11.9 Å². The molecule has 0 saturated heterocycles. The zero-order valence-electron chi connectivity index (χ0n) is 10.1. The van der Waals surface area contributed by atoms with E-state index in [9.17, 15) is 4.79 Å². The average Bonchev–Trinajstić information content (AvgIpc) is 2.31.